The largest absolute Gasteiger partial charge is 0.477 e. The average molecular weight is 428 g/mol. The summed E-state index contributed by atoms with van der Waals surface area (Å²) in [5.41, 5.74) is 4.58. The van der Waals surface area contributed by atoms with Crippen molar-refractivity contribution in [3.8, 4) is 17.1 Å². The lowest BCUT2D eigenvalue weighted by Crippen LogP contribution is -2.24. The number of nitro groups is 1. The maximum absolute atomic E-state index is 11.9. The van der Waals surface area contributed by atoms with Gasteiger partial charge in [-0.25, -0.2) is 5.43 Å². The quantitative estimate of drug-likeness (QED) is 0.335. The molecule has 1 aromatic heterocycles. The van der Waals surface area contributed by atoms with Crippen LogP contribution >= 0.6 is 11.6 Å². The summed E-state index contributed by atoms with van der Waals surface area (Å²) in [5, 5.41) is 15.5. The minimum Gasteiger partial charge on any atom is -0.477 e. The number of carbonyl (C=O) groups excluding carboxylic acids is 1. The molecule has 3 aromatic rings. The summed E-state index contributed by atoms with van der Waals surface area (Å²) in [4.78, 5) is 22.4. The monoisotopic (exact) mass is 427 g/mol. The number of nitrogens with one attached hydrogen (secondary N) is 1. The zero-order valence-electron chi connectivity index (χ0n) is 16.2. The normalized spacial score (nSPS) is 10.9. The first-order valence-corrected chi connectivity index (χ1v) is 9.27. The fraction of sp³-hybridized carbons (Fsp3) is 0.143. The second-order valence-electron chi connectivity index (χ2n) is 6.48. The molecule has 0 saturated carbocycles. The Morgan fingerprint density at radius 3 is 2.77 bits per heavy atom. The summed E-state index contributed by atoms with van der Waals surface area (Å²) in [6.45, 7) is 3.22. The number of ether oxygens (including phenoxy) is 1. The van der Waals surface area contributed by atoms with Gasteiger partial charge in [0.1, 0.15) is 11.5 Å². The van der Waals surface area contributed by atoms with Gasteiger partial charge in [-0.2, -0.15) is 5.10 Å². The number of nitrogens with zero attached hydrogens (tertiary/aromatic N) is 2. The van der Waals surface area contributed by atoms with Crippen molar-refractivity contribution in [2.24, 2.45) is 5.10 Å². The minimum atomic E-state index is -0.571. The van der Waals surface area contributed by atoms with Crippen molar-refractivity contribution in [3.05, 3.63) is 80.6 Å². The summed E-state index contributed by atoms with van der Waals surface area (Å²) in [6.07, 6.45) is 1.34. The van der Waals surface area contributed by atoms with E-state index in [0.717, 1.165) is 11.1 Å². The number of furan rings is 1. The van der Waals surface area contributed by atoms with E-state index in [1.807, 2.05) is 19.1 Å². The molecule has 9 heteroatoms. The molecule has 8 nitrogen and oxygen atoms in total. The third-order valence-corrected chi connectivity index (χ3v) is 4.54. The molecule has 1 amide bonds. The van der Waals surface area contributed by atoms with Gasteiger partial charge in [0.2, 0.25) is 0 Å². The Morgan fingerprint density at radius 2 is 2.03 bits per heavy atom. The Bertz CT molecular complexity index is 1120. The Kier molecular flexibility index (Phi) is 6.48. The highest BCUT2D eigenvalue weighted by atomic mass is 35.5. The number of benzene rings is 2. The van der Waals surface area contributed by atoms with E-state index in [-0.39, 0.29) is 11.4 Å². The third kappa shape index (κ3) is 5.24. The zero-order valence-corrected chi connectivity index (χ0v) is 17.0. The van der Waals surface area contributed by atoms with Gasteiger partial charge in [-0.3, -0.25) is 14.9 Å². The Balaban J connectivity index is 1.56. The van der Waals surface area contributed by atoms with E-state index in [4.69, 9.17) is 20.8 Å². The highest BCUT2D eigenvalue weighted by molar-refractivity contribution is 6.31. The van der Waals surface area contributed by atoms with Crippen LogP contribution in [0.25, 0.3) is 11.3 Å². The molecule has 0 saturated heterocycles. The lowest BCUT2D eigenvalue weighted by atomic mass is 10.1. The molecule has 0 atom stereocenters. The number of hydrogen-bond acceptors (Lipinski definition) is 6. The molecule has 0 radical (unpaired) electrons. The van der Waals surface area contributed by atoms with Crippen LogP contribution in [0.2, 0.25) is 5.02 Å². The van der Waals surface area contributed by atoms with Crippen molar-refractivity contribution in [2.75, 3.05) is 6.61 Å². The molecule has 0 fully saturated rings. The van der Waals surface area contributed by atoms with E-state index < -0.39 is 17.4 Å². The van der Waals surface area contributed by atoms with Crippen LogP contribution in [0.5, 0.6) is 5.75 Å². The van der Waals surface area contributed by atoms with Gasteiger partial charge < -0.3 is 9.15 Å². The fourth-order valence-electron chi connectivity index (χ4n) is 2.56. The smallest absolute Gasteiger partial charge is 0.311 e. The van der Waals surface area contributed by atoms with Crippen molar-refractivity contribution in [1.29, 1.82) is 0 Å². The SMILES string of the molecule is Cc1ccc(OCC(=O)NN=Cc2ccc(-c3ccc(C)c(Cl)c3)o2)c([N+](=O)[O-])c1. The first-order chi connectivity index (χ1) is 14.3. The first-order valence-electron chi connectivity index (χ1n) is 8.89. The maximum Gasteiger partial charge on any atom is 0.311 e. The van der Waals surface area contributed by atoms with Crippen molar-refractivity contribution >= 4 is 29.4 Å². The number of halogens is 1. The third-order valence-electron chi connectivity index (χ3n) is 4.13. The van der Waals surface area contributed by atoms with Gasteiger partial charge in [-0.1, -0.05) is 29.8 Å². The van der Waals surface area contributed by atoms with Crippen LogP contribution in [0.4, 0.5) is 5.69 Å². The predicted molar refractivity (Wildman–Crippen MR) is 113 cm³/mol. The Hall–Kier alpha value is -3.65. The molecule has 1 heterocycles. The van der Waals surface area contributed by atoms with Crippen molar-refractivity contribution in [2.45, 2.75) is 13.8 Å². The van der Waals surface area contributed by atoms with E-state index in [0.29, 0.717) is 22.1 Å². The summed E-state index contributed by atoms with van der Waals surface area (Å²) >= 11 is 6.13. The van der Waals surface area contributed by atoms with Gasteiger partial charge in [-0.15, -0.1) is 0 Å². The lowest BCUT2D eigenvalue weighted by molar-refractivity contribution is -0.385. The number of carbonyl (C=O) groups is 1. The van der Waals surface area contributed by atoms with Crippen molar-refractivity contribution < 1.29 is 18.9 Å². The Morgan fingerprint density at radius 1 is 1.23 bits per heavy atom. The zero-order chi connectivity index (χ0) is 21.7. The van der Waals surface area contributed by atoms with Crippen molar-refractivity contribution in [3.63, 3.8) is 0 Å². The molecule has 0 unspecified atom stereocenters. The van der Waals surface area contributed by atoms with Gasteiger partial charge in [0.05, 0.1) is 11.1 Å². The number of hydrazone groups is 1. The van der Waals surface area contributed by atoms with E-state index in [9.17, 15) is 14.9 Å². The molecule has 0 bridgehead atoms. The maximum atomic E-state index is 11.9. The van der Waals surface area contributed by atoms with Crippen LogP contribution in [0.15, 0.2) is 58.0 Å². The van der Waals surface area contributed by atoms with Gasteiger partial charge in [0.15, 0.2) is 12.4 Å². The molecule has 0 aliphatic carbocycles. The van der Waals surface area contributed by atoms with Gasteiger partial charge in [-0.05, 0) is 49.2 Å². The van der Waals surface area contributed by atoms with Crippen LogP contribution in [0.1, 0.15) is 16.9 Å². The second-order valence-corrected chi connectivity index (χ2v) is 6.88. The van der Waals surface area contributed by atoms with E-state index in [2.05, 4.69) is 10.5 Å². The molecule has 2 aromatic carbocycles. The number of nitro benzene ring substituents is 1. The lowest BCUT2D eigenvalue weighted by Gasteiger charge is -2.06. The number of amides is 1. The van der Waals surface area contributed by atoms with Crippen LogP contribution < -0.4 is 10.2 Å². The average Bonchev–Trinajstić information content (AvgIpc) is 3.18. The highest BCUT2D eigenvalue weighted by Gasteiger charge is 2.16. The molecule has 154 valence electrons. The van der Waals surface area contributed by atoms with Crippen LogP contribution in [-0.4, -0.2) is 23.7 Å². The predicted octanol–water partition coefficient (Wildman–Crippen LogP) is 4.65. The number of rotatable bonds is 7. The first kappa shape index (κ1) is 21.1. The van der Waals surface area contributed by atoms with Crippen LogP contribution in [0, 0.1) is 24.0 Å². The topological polar surface area (TPSA) is 107 Å². The summed E-state index contributed by atoms with van der Waals surface area (Å²) < 4.78 is 10.9. The molecule has 1 N–H and O–H groups in total. The number of aryl methyl sites for hydroxylation is 2. The molecule has 30 heavy (non-hydrogen) atoms. The van der Waals surface area contributed by atoms with Crippen LogP contribution in [0.3, 0.4) is 0 Å². The summed E-state index contributed by atoms with van der Waals surface area (Å²) in [7, 11) is 0. The fourth-order valence-corrected chi connectivity index (χ4v) is 2.74. The van der Waals surface area contributed by atoms with E-state index in [1.54, 1.807) is 31.2 Å². The van der Waals surface area contributed by atoms with E-state index in [1.165, 1.54) is 18.3 Å². The van der Waals surface area contributed by atoms with Crippen molar-refractivity contribution in [1.82, 2.24) is 5.43 Å². The molecule has 0 spiro atoms. The molecular formula is C21H18ClN3O5. The summed E-state index contributed by atoms with van der Waals surface area (Å²) in [5.74, 6) is 0.479. The van der Waals surface area contributed by atoms with E-state index >= 15 is 0 Å². The summed E-state index contributed by atoms with van der Waals surface area (Å²) in [6, 6.07) is 13.5. The standard InChI is InChI=1S/C21H18ClN3O5/c1-13-3-7-20(18(9-13)25(27)28)29-12-21(26)24-23-11-16-6-8-19(30-16)15-5-4-14(2)17(22)10-15/h3-11H,12H2,1-2H3,(H,24,26). The molecule has 0 aliphatic heterocycles. The number of hydrogen-bond donors (Lipinski definition) is 1. The van der Waals surface area contributed by atoms with Crippen LogP contribution in [-0.2, 0) is 4.79 Å². The van der Waals surface area contributed by atoms with Gasteiger partial charge >= 0.3 is 5.69 Å². The molecule has 0 aliphatic rings. The molecular weight excluding hydrogens is 410 g/mol. The molecule has 3 rings (SSSR count). The van der Waals surface area contributed by atoms with Gasteiger partial charge in [0, 0.05) is 16.7 Å². The minimum absolute atomic E-state index is 0.0113. The highest BCUT2D eigenvalue weighted by Crippen LogP contribution is 2.28. The second kappa shape index (κ2) is 9.23. The van der Waals surface area contributed by atoms with Gasteiger partial charge in [0.25, 0.3) is 5.91 Å². The Labute approximate surface area is 177 Å².